The average Bonchev–Trinajstić information content (AvgIpc) is 3.18. The standard InChI is InChI=1S/C41H50F4N8O2/c42-35-16-11-31(41(43,44)45)23-36(35)53-40(55)48-21-18-34-15-10-29-22-30(24-49-38(29)51-34)27-5-3-25(4-6-27)26-7-12-32(13-8-26)52-39(54)47-20-17-33-14-9-28-2-1-19-46-37(28)50-33/h3-9,11-14,29-30,35-36,38,40,48-49,53,55H,1-2,10,15-24H2,(H,46,50)(H2,47,52,54). The Balaban J connectivity index is 0.819. The Morgan fingerprint density at radius 2 is 1.76 bits per heavy atom. The van der Waals surface area contributed by atoms with Gasteiger partial charge in [0.15, 0.2) is 6.35 Å². The smallest absolute Gasteiger partial charge is 0.370 e. The number of fused-ring (bicyclic) bond motifs is 2. The monoisotopic (exact) mass is 762 g/mol. The summed E-state index contributed by atoms with van der Waals surface area (Å²) < 4.78 is 53.5. The molecule has 0 bridgehead atoms. The number of pyridine rings is 1. The van der Waals surface area contributed by atoms with Gasteiger partial charge in [-0.05, 0) is 104 Å². The Labute approximate surface area is 319 Å². The maximum absolute atomic E-state index is 14.2. The Kier molecular flexibility index (Phi) is 12.5. The van der Waals surface area contributed by atoms with E-state index in [2.05, 4.69) is 67.2 Å². The lowest BCUT2D eigenvalue weighted by molar-refractivity contribution is -0.0976. The zero-order valence-corrected chi connectivity index (χ0v) is 30.8. The molecule has 2 aromatic carbocycles. The Morgan fingerprint density at radius 3 is 2.55 bits per heavy atom. The molecule has 3 aromatic rings. The Hall–Kier alpha value is -4.37. The van der Waals surface area contributed by atoms with Crippen molar-refractivity contribution < 1.29 is 27.5 Å². The first kappa shape index (κ1) is 38.9. The van der Waals surface area contributed by atoms with Crippen molar-refractivity contribution in [1.82, 2.24) is 26.3 Å². The molecule has 10 nitrogen and oxygen atoms in total. The molecule has 0 saturated carbocycles. The SMILES string of the molecule is O=C(NCCc1ccc2c(n1)NCCC2)Nc1ccc(-c2ccc(C3CNC4N=C(CCNC(O)NC5CC(C(F)(F)F)=CCC5F)CCC4C3)cc2)cc1. The van der Waals surface area contributed by atoms with Crippen molar-refractivity contribution in [3.05, 3.63) is 89.1 Å². The summed E-state index contributed by atoms with van der Waals surface area (Å²) in [7, 11) is 0. The molecule has 1 aliphatic carbocycles. The predicted octanol–water partition coefficient (Wildman–Crippen LogP) is 6.56. The number of piperidine rings is 1. The van der Waals surface area contributed by atoms with E-state index in [0.29, 0.717) is 37.8 Å². The van der Waals surface area contributed by atoms with E-state index >= 15 is 0 Å². The van der Waals surface area contributed by atoms with Gasteiger partial charge in [-0.2, -0.15) is 13.2 Å². The summed E-state index contributed by atoms with van der Waals surface area (Å²) in [4.78, 5) is 22.2. The van der Waals surface area contributed by atoms with Crippen molar-refractivity contribution in [1.29, 1.82) is 0 Å². The van der Waals surface area contributed by atoms with Gasteiger partial charge in [0.05, 0.1) is 0 Å². The molecule has 7 N–H and O–H groups in total. The Morgan fingerprint density at radius 1 is 0.982 bits per heavy atom. The van der Waals surface area contributed by atoms with Gasteiger partial charge in [0.25, 0.3) is 0 Å². The van der Waals surface area contributed by atoms with E-state index in [1.54, 1.807) is 0 Å². The number of hydrogen-bond donors (Lipinski definition) is 7. The third-order valence-corrected chi connectivity index (χ3v) is 11.2. The van der Waals surface area contributed by atoms with Crippen LogP contribution in [0.3, 0.4) is 0 Å². The summed E-state index contributed by atoms with van der Waals surface area (Å²) in [5, 5.41) is 28.5. The summed E-state index contributed by atoms with van der Waals surface area (Å²) in [6.07, 6.45) is -0.963. The summed E-state index contributed by atoms with van der Waals surface area (Å²) in [6.45, 7) is 2.61. The minimum Gasteiger partial charge on any atom is -0.370 e. The van der Waals surface area contributed by atoms with Gasteiger partial charge in [0.1, 0.15) is 18.2 Å². The molecule has 3 aliphatic heterocycles. The van der Waals surface area contributed by atoms with Gasteiger partial charge < -0.3 is 21.1 Å². The molecule has 2 amide bonds. The van der Waals surface area contributed by atoms with Crippen LogP contribution >= 0.6 is 0 Å². The fourth-order valence-corrected chi connectivity index (χ4v) is 8.05. The minimum atomic E-state index is -4.50. The maximum Gasteiger partial charge on any atom is 0.412 e. The number of alkyl halides is 4. The molecule has 6 unspecified atom stereocenters. The van der Waals surface area contributed by atoms with Gasteiger partial charge in [0, 0.05) is 61.3 Å². The summed E-state index contributed by atoms with van der Waals surface area (Å²) in [6, 6.07) is 19.3. The van der Waals surface area contributed by atoms with Crippen LogP contribution in [0.5, 0.6) is 0 Å². The van der Waals surface area contributed by atoms with Crippen LogP contribution in [0.4, 0.5) is 33.9 Å². The number of rotatable bonds is 12. The lowest BCUT2D eigenvalue weighted by atomic mass is 9.79. The quantitative estimate of drug-likeness (QED) is 0.0632. The number of benzene rings is 2. The van der Waals surface area contributed by atoms with Crippen LogP contribution in [-0.4, -0.2) is 78.9 Å². The van der Waals surface area contributed by atoms with E-state index in [-0.39, 0.29) is 18.6 Å². The predicted molar refractivity (Wildman–Crippen MR) is 207 cm³/mol. The normalized spacial score (nSPS) is 24.3. The van der Waals surface area contributed by atoms with Crippen molar-refractivity contribution in [2.75, 3.05) is 36.8 Å². The number of aryl methyl sites for hydroxylation is 1. The lowest BCUT2D eigenvalue weighted by Crippen LogP contribution is -2.52. The van der Waals surface area contributed by atoms with Crippen LogP contribution in [0.25, 0.3) is 11.1 Å². The molecule has 0 spiro atoms. The number of nitrogens with one attached hydrogen (secondary N) is 6. The van der Waals surface area contributed by atoms with Crippen LogP contribution < -0.4 is 31.9 Å². The number of allylic oxidation sites excluding steroid dienone is 1. The topological polar surface area (TPSA) is 135 Å². The number of urea groups is 1. The number of aromatic nitrogens is 1. The van der Waals surface area contributed by atoms with Gasteiger partial charge in [-0.15, -0.1) is 0 Å². The highest BCUT2D eigenvalue weighted by molar-refractivity contribution is 5.89. The number of halogens is 4. The second kappa shape index (κ2) is 17.6. The number of aliphatic hydroxyl groups excluding tert-OH is 1. The van der Waals surface area contributed by atoms with Crippen LogP contribution in [0, 0.1) is 5.92 Å². The molecule has 0 radical (unpaired) electrons. The molecule has 294 valence electrons. The van der Waals surface area contributed by atoms with Gasteiger partial charge in [-0.25, -0.2) is 14.2 Å². The van der Waals surface area contributed by atoms with Crippen LogP contribution in [0.1, 0.15) is 67.7 Å². The maximum atomic E-state index is 14.2. The molecule has 14 heteroatoms. The Bertz CT molecular complexity index is 1840. The molecule has 1 fully saturated rings. The van der Waals surface area contributed by atoms with Gasteiger partial charge in [-0.1, -0.05) is 48.5 Å². The van der Waals surface area contributed by atoms with Crippen molar-refractivity contribution >= 4 is 23.2 Å². The second-order valence-corrected chi connectivity index (χ2v) is 15.0. The first-order chi connectivity index (χ1) is 26.6. The zero-order valence-electron chi connectivity index (χ0n) is 30.8. The first-order valence-electron chi connectivity index (χ1n) is 19.4. The number of amides is 2. The molecule has 4 heterocycles. The summed E-state index contributed by atoms with van der Waals surface area (Å²) in [5.41, 5.74) is 6.62. The van der Waals surface area contributed by atoms with E-state index in [0.717, 1.165) is 85.3 Å². The molecular weight excluding hydrogens is 712 g/mol. The van der Waals surface area contributed by atoms with Crippen LogP contribution in [-0.2, 0) is 12.8 Å². The van der Waals surface area contributed by atoms with E-state index < -0.39 is 36.7 Å². The molecule has 6 atom stereocenters. The molecule has 55 heavy (non-hydrogen) atoms. The third kappa shape index (κ3) is 10.3. The minimum absolute atomic E-state index is 0.0299. The highest BCUT2D eigenvalue weighted by Gasteiger charge is 2.40. The van der Waals surface area contributed by atoms with E-state index in [4.69, 9.17) is 4.99 Å². The first-order valence-corrected chi connectivity index (χ1v) is 19.4. The lowest BCUT2D eigenvalue weighted by Gasteiger charge is -2.38. The summed E-state index contributed by atoms with van der Waals surface area (Å²) >= 11 is 0. The largest absolute Gasteiger partial charge is 0.412 e. The van der Waals surface area contributed by atoms with Gasteiger partial charge >= 0.3 is 12.2 Å². The molecule has 1 saturated heterocycles. The second-order valence-electron chi connectivity index (χ2n) is 15.0. The number of nitrogens with zero attached hydrogens (tertiary/aromatic N) is 2. The molecular formula is C41H50F4N8O2. The van der Waals surface area contributed by atoms with Crippen molar-refractivity contribution in [3.63, 3.8) is 0 Å². The van der Waals surface area contributed by atoms with Crippen LogP contribution in [0.15, 0.2) is 77.3 Å². The number of anilines is 2. The number of carbonyl (C=O) groups excluding carboxylic acids is 1. The van der Waals surface area contributed by atoms with Gasteiger partial charge in [0.2, 0.25) is 0 Å². The fraction of sp³-hybridized carbons (Fsp3) is 0.488. The summed E-state index contributed by atoms with van der Waals surface area (Å²) in [5.74, 6) is 1.73. The van der Waals surface area contributed by atoms with Crippen molar-refractivity contribution in [2.45, 2.75) is 94.6 Å². The molecule has 1 aromatic heterocycles. The number of carbonyl (C=O) groups is 1. The third-order valence-electron chi connectivity index (χ3n) is 11.2. The van der Waals surface area contributed by atoms with Gasteiger partial charge in [-0.3, -0.25) is 20.9 Å². The van der Waals surface area contributed by atoms with Crippen LogP contribution in [0.2, 0.25) is 0 Å². The number of aliphatic hydroxyl groups is 1. The zero-order chi connectivity index (χ0) is 38.4. The van der Waals surface area contributed by atoms with E-state index in [1.807, 2.05) is 30.3 Å². The van der Waals surface area contributed by atoms with Crippen molar-refractivity contribution in [2.24, 2.45) is 10.9 Å². The number of aliphatic imine (C=N–C) groups is 1. The average molecular weight is 763 g/mol. The highest BCUT2D eigenvalue weighted by atomic mass is 19.4. The van der Waals surface area contributed by atoms with E-state index in [1.165, 1.54) is 11.1 Å². The number of hydrogen-bond acceptors (Lipinski definition) is 8. The van der Waals surface area contributed by atoms with E-state index in [9.17, 15) is 27.5 Å². The molecule has 7 rings (SSSR count). The highest BCUT2D eigenvalue weighted by Crippen LogP contribution is 2.36. The fourth-order valence-electron chi connectivity index (χ4n) is 8.05. The van der Waals surface area contributed by atoms with Crippen molar-refractivity contribution in [3.8, 4) is 11.1 Å². The molecule has 4 aliphatic rings.